The van der Waals surface area contributed by atoms with E-state index in [-0.39, 0.29) is 12.0 Å². The SMILES string of the molecule is CCNc1cc2c(cc1C)C(c1ccccc1C(=O)OCC)=C1C=C(C)C(NCC)C=C1O2. The molecule has 0 saturated carbocycles. The third-order valence-electron chi connectivity index (χ3n) is 6.01. The summed E-state index contributed by atoms with van der Waals surface area (Å²) in [6.07, 6.45) is 4.31. The van der Waals surface area contributed by atoms with Crippen LogP contribution in [0.15, 0.2) is 65.5 Å². The number of carbonyl (C=O) groups excluding carboxylic acids is 1. The molecule has 0 aromatic heterocycles. The topological polar surface area (TPSA) is 59.6 Å². The normalized spacial score (nSPS) is 16.8. The maximum atomic E-state index is 12.9. The summed E-state index contributed by atoms with van der Waals surface area (Å²) >= 11 is 0. The van der Waals surface area contributed by atoms with Crippen molar-refractivity contribution in [2.45, 2.75) is 40.7 Å². The Hall–Kier alpha value is -3.31. The summed E-state index contributed by atoms with van der Waals surface area (Å²) in [4.78, 5) is 12.9. The number of nitrogens with one attached hydrogen (secondary N) is 2. The zero-order chi connectivity index (χ0) is 23.5. The molecule has 2 aliphatic rings. The molecule has 0 spiro atoms. The Kier molecular flexibility index (Phi) is 6.70. The average Bonchev–Trinajstić information content (AvgIpc) is 2.80. The fourth-order valence-electron chi connectivity index (χ4n) is 4.48. The van der Waals surface area contributed by atoms with Crippen molar-refractivity contribution in [1.82, 2.24) is 5.32 Å². The zero-order valence-electron chi connectivity index (χ0n) is 20.0. The van der Waals surface area contributed by atoms with Crippen LogP contribution in [-0.4, -0.2) is 31.7 Å². The van der Waals surface area contributed by atoms with Crippen molar-refractivity contribution in [3.05, 3.63) is 87.7 Å². The Morgan fingerprint density at radius 2 is 1.85 bits per heavy atom. The maximum absolute atomic E-state index is 12.9. The van der Waals surface area contributed by atoms with E-state index in [2.05, 4.69) is 62.6 Å². The zero-order valence-corrected chi connectivity index (χ0v) is 20.0. The maximum Gasteiger partial charge on any atom is 0.338 e. The van der Waals surface area contributed by atoms with Crippen LogP contribution < -0.4 is 15.4 Å². The highest BCUT2D eigenvalue weighted by atomic mass is 16.5. The molecule has 2 N–H and O–H groups in total. The first kappa shape index (κ1) is 22.9. The molecule has 1 aliphatic heterocycles. The largest absolute Gasteiger partial charge is 0.462 e. The lowest BCUT2D eigenvalue weighted by Crippen LogP contribution is -2.31. The first-order valence-corrected chi connectivity index (χ1v) is 11.7. The minimum Gasteiger partial charge on any atom is -0.462 e. The van der Waals surface area contributed by atoms with E-state index in [1.807, 2.05) is 31.2 Å². The van der Waals surface area contributed by atoms with Gasteiger partial charge in [0.15, 0.2) is 0 Å². The molecule has 2 aromatic rings. The Balaban J connectivity index is 1.99. The molecular formula is C28H32N2O3. The van der Waals surface area contributed by atoms with Gasteiger partial charge in [0.05, 0.1) is 18.2 Å². The van der Waals surface area contributed by atoms with E-state index < -0.39 is 0 Å². The van der Waals surface area contributed by atoms with E-state index >= 15 is 0 Å². The predicted molar refractivity (Wildman–Crippen MR) is 134 cm³/mol. The van der Waals surface area contributed by atoms with Crippen LogP contribution in [0.5, 0.6) is 5.75 Å². The molecule has 33 heavy (non-hydrogen) atoms. The third-order valence-corrected chi connectivity index (χ3v) is 6.01. The molecule has 1 atom stereocenters. The summed E-state index contributed by atoms with van der Waals surface area (Å²) in [5.74, 6) is 1.27. The molecule has 1 aliphatic carbocycles. The molecule has 0 bridgehead atoms. The number of allylic oxidation sites excluding steroid dienone is 1. The summed E-state index contributed by atoms with van der Waals surface area (Å²) in [6, 6.07) is 12.0. The van der Waals surface area contributed by atoms with E-state index in [9.17, 15) is 4.79 Å². The van der Waals surface area contributed by atoms with Crippen LogP contribution in [0.1, 0.15) is 54.7 Å². The highest BCUT2D eigenvalue weighted by Crippen LogP contribution is 2.46. The number of esters is 1. The number of fused-ring (bicyclic) bond motifs is 2. The molecule has 0 fully saturated rings. The van der Waals surface area contributed by atoms with Gasteiger partial charge in [0.2, 0.25) is 0 Å². The second-order valence-electron chi connectivity index (χ2n) is 8.31. The van der Waals surface area contributed by atoms with Gasteiger partial charge in [0.1, 0.15) is 11.5 Å². The lowest BCUT2D eigenvalue weighted by atomic mass is 9.83. The average molecular weight is 445 g/mol. The van der Waals surface area contributed by atoms with Crippen molar-refractivity contribution in [1.29, 1.82) is 0 Å². The minimum atomic E-state index is -0.317. The quantitative estimate of drug-likeness (QED) is 0.543. The Morgan fingerprint density at radius 1 is 1.06 bits per heavy atom. The number of ether oxygens (including phenoxy) is 2. The second kappa shape index (κ2) is 9.67. The van der Waals surface area contributed by atoms with Crippen LogP contribution in [0.2, 0.25) is 0 Å². The number of rotatable bonds is 7. The van der Waals surface area contributed by atoms with Crippen LogP contribution in [0.4, 0.5) is 5.69 Å². The fraction of sp³-hybridized carbons (Fsp3) is 0.321. The molecule has 0 radical (unpaired) electrons. The van der Waals surface area contributed by atoms with Crippen LogP contribution in [0.25, 0.3) is 5.57 Å². The molecule has 4 rings (SSSR count). The summed E-state index contributed by atoms with van der Waals surface area (Å²) in [6.45, 7) is 12.2. The second-order valence-corrected chi connectivity index (χ2v) is 8.31. The van der Waals surface area contributed by atoms with Crippen LogP contribution in [0, 0.1) is 6.92 Å². The van der Waals surface area contributed by atoms with Gasteiger partial charge < -0.3 is 20.1 Å². The van der Waals surface area contributed by atoms with Gasteiger partial charge in [-0.15, -0.1) is 0 Å². The number of aryl methyl sites for hydroxylation is 1. The van der Waals surface area contributed by atoms with Crippen molar-refractivity contribution >= 4 is 17.2 Å². The van der Waals surface area contributed by atoms with Gasteiger partial charge in [-0.05, 0) is 69.7 Å². The van der Waals surface area contributed by atoms with Gasteiger partial charge in [-0.1, -0.05) is 30.7 Å². The Bertz CT molecular complexity index is 1170. The van der Waals surface area contributed by atoms with Gasteiger partial charge in [0, 0.05) is 35.0 Å². The van der Waals surface area contributed by atoms with Gasteiger partial charge >= 0.3 is 5.97 Å². The highest BCUT2D eigenvalue weighted by Gasteiger charge is 2.31. The summed E-state index contributed by atoms with van der Waals surface area (Å²) in [7, 11) is 0. The lowest BCUT2D eigenvalue weighted by Gasteiger charge is -2.31. The van der Waals surface area contributed by atoms with E-state index in [0.717, 1.165) is 58.1 Å². The minimum absolute atomic E-state index is 0.107. The van der Waals surface area contributed by atoms with Gasteiger partial charge in [-0.2, -0.15) is 0 Å². The van der Waals surface area contributed by atoms with Crippen molar-refractivity contribution in [2.24, 2.45) is 0 Å². The number of hydrogen-bond acceptors (Lipinski definition) is 5. The molecule has 1 unspecified atom stereocenters. The van der Waals surface area contributed by atoms with Crippen molar-refractivity contribution in [2.75, 3.05) is 25.0 Å². The monoisotopic (exact) mass is 444 g/mol. The third kappa shape index (κ3) is 4.33. The predicted octanol–water partition coefficient (Wildman–Crippen LogP) is 5.62. The molecule has 172 valence electrons. The number of likely N-dealkylation sites (N-methyl/N-ethyl adjacent to an activating group) is 1. The van der Waals surface area contributed by atoms with E-state index in [0.29, 0.717) is 12.2 Å². The van der Waals surface area contributed by atoms with Gasteiger partial charge in [-0.25, -0.2) is 4.79 Å². The van der Waals surface area contributed by atoms with Crippen molar-refractivity contribution in [3.8, 4) is 5.75 Å². The lowest BCUT2D eigenvalue weighted by molar-refractivity contribution is 0.0526. The number of benzene rings is 2. The fourth-order valence-corrected chi connectivity index (χ4v) is 4.48. The van der Waals surface area contributed by atoms with Crippen LogP contribution in [0.3, 0.4) is 0 Å². The summed E-state index contributed by atoms with van der Waals surface area (Å²) in [5.41, 5.74) is 7.74. The van der Waals surface area contributed by atoms with Crippen molar-refractivity contribution in [3.63, 3.8) is 0 Å². The standard InChI is InChI=1S/C28H32N2O3/c1-6-29-23-15-25-21(13-17(23)4)27(19-11-9-10-12-20(19)28(31)32-8-3)22-14-18(5)24(30-7-2)16-26(22)33-25/h9-16,23,29-30H,6-8H2,1-5H3. The van der Waals surface area contributed by atoms with Gasteiger partial charge in [-0.3, -0.25) is 0 Å². The molecular weight excluding hydrogens is 412 g/mol. The van der Waals surface area contributed by atoms with Crippen LogP contribution in [-0.2, 0) is 4.74 Å². The van der Waals surface area contributed by atoms with E-state index in [1.54, 1.807) is 0 Å². The Labute approximate surface area is 196 Å². The van der Waals surface area contributed by atoms with Gasteiger partial charge in [0.25, 0.3) is 0 Å². The first-order chi connectivity index (χ1) is 16.0. The number of anilines is 1. The van der Waals surface area contributed by atoms with E-state index in [1.165, 1.54) is 5.57 Å². The molecule has 2 aromatic carbocycles. The smallest absolute Gasteiger partial charge is 0.338 e. The molecule has 5 nitrogen and oxygen atoms in total. The van der Waals surface area contributed by atoms with Crippen LogP contribution >= 0.6 is 0 Å². The molecule has 0 saturated heterocycles. The summed E-state index contributed by atoms with van der Waals surface area (Å²) < 4.78 is 11.9. The van der Waals surface area contributed by atoms with E-state index in [4.69, 9.17) is 9.47 Å². The Morgan fingerprint density at radius 3 is 2.58 bits per heavy atom. The number of carbonyl (C=O) groups is 1. The first-order valence-electron chi connectivity index (χ1n) is 11.7. The summed E-state index contributed by atoms with van der Waals surface area (Å²) in [5, 5.41) is 6.92. The molecule has 0 amide bonds. The molecule has 1 heterocycles. The van der Waals surface area contributed by atoms with Crippen molar-refractivity contribution < 1.29 is 14.3 Å². The highest BCUT2D eigenvalue weighted by molar-refractivity contribution is 6.01. The number of hydrogen-bond donors (Lipinski definition) is 2. The molecule has 5 heteroatoms.